The number of aromatic nitrogens is 1. The van der Waals surface area contributed by atoms with E-state index in [9.17, 15) is 0 Å². The minimum atomic E-state index is 0.456. The molecule has 0 aliphatic rings. The van der Waals surface area contributed by atoms with Gasteiger partial charge in [0.2, 0.25) is 0 Å². The normalized spacial score (nSPS) is 11.3. The van der Waals surface area contributed by atoms with Gasteiger partial charge in [-0.2, -0.15) is 0 Å². The largest absolute Gasteiger partial charge is 0.330 e. The lowest BCUT2D eigenvalue weighted by molar-refractivity contribution is 0.887. The molecule has 0 aliphatic carbocycles. The van der Waals surface area contributed by atoms with Crippen molar-refractivity contribution in [2.24, 2.45) is 5.73 Å². The number of nitrogens with two attached hydrogens (primary N) is 1. The van der Waals surface area contributed by atoms with Gasteiger partial charge in [-0.3, -0.25) is 0 Å². The van der Waals surface area contributed by atoms with Crippen molar-refractivity contribution in [3.63, 3.8) is 0 Å². The Morgan fingerprint density at radius 3 is 2.74 bits per heavy atom. The molecule has 0 radical (unpaired) electrons. The van der Waals surface area contributed by atoms with E-state index in [0.29, 0.717) is 12.5 Å². The Hall–Kier alpha value is -0.900. The highest BCUT2D eigenvalue weighted by atomic mass is 35.5. The molecule has 1 aromatic heterocycles. The van der Waals surface area contributed by atoms with E-state index in [1.165, 1.54) is 4.88 Å². The highest BCUT2D eigenvalue weighted by Crippen LogP contribution is 2.37. The Bertz CT molecular complexity index is 576. The molecule has 2 N–H and O–H groups in total. The van der Waals surface area contributed by atoms with Crippen LogP contribution in [0, 0.1) is 6.92 Å². The Labute approximate surface area is 123 Å². The first kappa shape index (κ1) is 14.5. The van der Waals surface area contributed by atoms with Gasteiger partial charge in [0, 0.05) is 21.9 Å². The molecule has 0 spiro atoms. The monoisotopic (exact) mass is 294 g/mol. The summed E-state index contributed by atoms with van der Waals surface area (Å²) in [4.78, 5) is 6.09. The minimum Gasteiger partial charge on any atom is -0.330 e. The molecular weight excluding hydrogens is 276 g/mol. The zero-order chi connectivity index (χ0) is 14.0. The Balaban J connectivity index is 2.56. The third-order valence-corrected chi connectivity index (χ3v) is 4.93. The van der Waals surface area contributed by atoms with E-state index in [2.05, 4.69) is 19.9 Å². The van der Waals surface area contributed by atoms with Gasteiger partial charge in [-0.25, -0.2) is 4.98 Å². The second-order valence-electron chi connectivity index (χ2n) is 4.93. The quantitative estimate of drug-likeness (QED) is 0.908. The van der Waals surface area contributed by atoms with Gasteiger partial charge < -0.3 is 5.73 Å². The van der Waals surface area contributed by atoms with Crippen LogP contribution in [0.15, 0.2) is 18.2 Å². The molecule has 0 fully saturated rings. The lowest BCUT2D eigenvalue weighted by Gasteiger charge is -2.09. The van der Waals surface area contributed by atoms with Crippen LogP contribution in [0.2, 0.25) is 5.02 Å². The topological polar surface area (TPSA) is 38.9 Å². The van der Waals surface area contributed by atoms with E-state index in [0.717, 1.165) is 33.3 Å². The highest BCUT2D eigenvalue weighted by molar-refractivity contribution is 7.12. The number of hydrogen-bond donors (Lipinski definition) is 1. The van der Waals surface area contributed by atoms with Crippen molar-refractivity contribution >= 4 is 22.9 Å². The second kappa shape index (κ2) is 6.04. The van der Waals surface area contributed by atoms with Crippen molar-refractivity contribution in [2.45, 2.75) is 33.1 Å². The molecule has 0 atom stereocenters. The zero-order valence-corrected chi connectivity index (χ0v) is 13.1. The van der Waals surface area contributed by atoms with Crippen molar-refractivity contribution in [1.82, 2.24) is 4.98 Å². The van der Waals surface area contributed by atoms with E-state index >= 15 is 0 Å². The van der Waals surface area contributed by atoms with Crippen LogP contribution in [0.1, 0.15) is 35.2 Å². The fraction of sp³-hybridized carbons (Fsp3) is 0.400. The van der Waals surface area contributed by atoms with E-state index in [4.69, 9.17) is 22.3 Å². The average molecular weight is 295 g/mol. The molecule has 1 heterocycles. The van der Waals surface area contributed by atoms with Crippen LogP contribution in [0.25, 0.3) is 11.3 Å². The molecule has 19 heavy (non-hydrogen) atoms. The minimum absolute atomic E-state index is 0.456. The average Bonchev–Trinajstić information content (AvgIpc) is 2.77. The lowest BCUT2D eigenvalue weighted by atomic mass is 10.0. The van der Waals surface area contributed by atoms with Crippen molar-refractivity contribution < 1.29 is 0 Å². The molecule has 0 saturated heterocycles. The number of thiazole rings is 1. The summed E-state index contributed by atoms with van der Waals surface area (Å²) in [6.07, 6.45) is 0.837. The zero-order valence-electron chi connectivity index (χ0n) is 11.5. The summed E-state index contributed by atoms with van der Waals surface area (Å²) in [6, 6.07) is 5.99. The van der Waals surface area contributed by atoms with Crippen LogP contribution < -0.4 is 5.73 Å². The number of nitrogens with zero attached hydrogens (tertiary/aromatic N) is 1. The van der Waals surface area contributed by atoms with Gasteiger partial charge in [0.05, 0.1) is 10.7 Å². The summed E-state index contributed by atoms with van der Waals surface area (Å²) in [7, 11) is 0. The molecule has 2 aromatic rings. The summed E-state index contributed by atoms with van der Waals surface area (Å²) >= 11 is 7.99. The first-order valence-electron chi connectivity index (χ1n) is 6.49. The predicted octanol–water partition coefficient (Wildman–Crippen LogP) is 4.40. The van der Waals surface area contributed by atoms with Gasteiger partial charge >= 0.3 is 0 Å². The first-order chi connectivity index (χ1) is 9.04. The van der Waals surface area contributed by atoms with Crippen molar-refractivity contribution in [2.75, 3.05) is 6.54 Å². The van der Waals surface area contributed by atoms with Crippen LogP contribution in [0.5, 0.6) is 0 Å². The molecule has 2 nitrogen and oxygen atoms in total. The number of rotatable bonds is 4. The molecule has 4 heteroatoms. The van der Waals surface area contributed by atoms with Crippen LogP contribution in [0.4, 0.5) is 0 Å². The fourth-order valence-electron chi connectivity index (χ4n) is 2.06. The van der Waals surface area contributed by atoms with Crippen LogP contribution >= 0.6 is 22.9 Å². The summed E-state index contributed by atoms with van der Waals surface area (Å²) in [5, 5.41) is 1.90. The molecule has 2 rings (SSSR count). The van der Waals surface area contributed by atoms with Gasteiger partial charge in [-0.1, -0.05) is 37.6 Å². The first-order valence-corrected chi connectivity index (χ1v) is 7.69. The van der Waals surface area contributed by atoms with Crippen molar-refractivity contribution in [3.8, 4) is 11.3 Å². The van der Waals surface area contributed by atoms with Crippen molar-refractivity contribution in [1.29, 1.82) is 0 Å². The second-order valence-corrected chi connectivity index (χ2v) is 6.45. The molecule has 0 saturated carbocycles. The van der Waals surface area contributed by atoms with Gasteiger partial charge in [0.25, 0.3) is 0 Å². The molecule has 0 aliphatic heterocycles. The Kier molecular flexibility index (Phi) is 4.61. The van der Waals surface area contributed by atoms with Gasteiger partial charge in [0.1, 0.15) is 0 Å². The highest BCUT2D eigenvalue weighted by Gasteiger charge is 2.17. The maximum Gasteiger partial charge on any atom is 0.0948 e. The molecule has 0 amide bonds. The van der Waals surface area contributed by atoms with Crippen molar-refractivity contribution in [3.05, 3.63) is 38.7 Å². The molecule has 0 bridgehead atoms. The van der Waals surface area contributed by atoms with E-state index in [1.54, 1.807) is 11.3 Å². The maximum atomic E-state index is 6.22. The van der Waals surface area contributed by atoms with Gasteiger partial charge in [-0.15, -0.1) is 11.3 Å². The van der Waals surface area contributed by atoms with Crippen LogP contribution in [-0.2, 0) is 6.42 Å². The van der Waals surface area contributed by atoms with E-state index < -0.39 is 0 Å². The maximum absolute atomic E-state index is 6.22. The van der Waals surface area contributed by atoms with Crippen LogP contribution in [0.3, 0.4) is 0 Å². The van der Waals surface area contributed by atoms with Crippen LogP contribution in [-0.4, -0.2) is 11.5 Å². The van der Waals surface area contributed by atoms with E-state index in [1.807, 2.05) is 19.1 Å². The number of hydrogen-bond acceptors (Lipinski definition) is 3. The summed E-state index contributed by atoms with van der Waals surface area (Å²) < 4.78 is 0. The predicted molar refractivity (Wildman–Crippen MR) is 84.1 cm³/mol. The lowest BCUT2D eigenvalue weighted by Crippen LogP contribution is -2.02. The standard InChI is InChI=1S/C15H19ClN2S/c1-9(2)15-14(18-13(19-15)7-8-17)11-5-4-6-12(16)10(11)3/h4-6,9H,7-8,17H2,1-3H3. The summed E-state index contributed by atoms with van der Waals surface area (Å²) in [6.45, 7) is 7.08. The fourth-order valence-corrected chi connectivity index (χ4v) is 3.33. The summed E-state index contributed by atoms with van der Waals surface area (Å²) in [5.74, 6) is 0.456. The van der Waals surface area contributed by atoms with Gasteiger partial charge in [-0.05, 0) is 31.0 Å². The molecule has 102 valence electrons. The van der Waals surface area contributed by atoms with Gasteiger partial charge in [0.15, 0.2) is 0 Å². The number of halogens is 1. The third-order valence-electron chi connectivity index (χ3n) is 3.10. The Morgan fingerprint density at radius 2 is 2.11 bits per heavy atom. The molecule has 1 aromatic carbocycles. The third kappa shape index (κ3) is 2.99. The summed E-state index contributed by atoms with van der Waals surface area (Å²) in [5.41, 5.74) is 8.94. The Morgan fingerprint density at radius 1 is 1.37 bits per heavy atom. The SMILES string of the molecule is Cc1c(Cl)cccc1-c1nc(CCN)sc1C(C)C. The molecule has 0 unspecified atom stereocenters. The smallest absolute Gasteiger partial charge is 0.0948 e. The van der Waals surface area contributed by atoms with E-state index in [-0.39, 0.29) is 0 Å². The molecular formula is C15H19ClN2S. The number of benzene rings is 1.